The third-order valence-electron chi connectivity index (χ3n) is 4.38. The quantitative estimate of drug-likeness (QED) is 0.632. The van der Waals surface area contributed by atoms with E-state index in [0.29, 0.717) is 6.61 Å². The molecule has 1 aliphatic rings. The summed E-state index contributed by atoms with van der Waals surface area (Å²) < 4.78 is 14.5. The van der Waals surface area contributed by atoms with Crippen LogP contribution in [0.2, 0.25) is 0 Å². The molecular weight excluding hydrogens is 380 g/mol. The lowest BCUT2D eigenvalue weighted by Gasteiger charge is -2.25. The fourth-order valence-corrected chi connectivity index (χ4v) is 3.54. The lowest BCUT2D eigenvalue weighted by Crippen LogP contribution is -2.22. The summed E-state index contributed by atoms with van der Waals surface area (Å²) in [6, 6.07) is 18.5. The molecule has 1 atom stereocenters. The van der Waals surface area contributed by atoms with Crippen LogP contribution >= 0.6 is 15.9 Å². The summed E-state index contributed by atoms with van der Waals surface area (Å²) in [5.74, 6) is 0.856. The topological polar surface area (TPSA) is 26.6 Å². The van der Waals surface area contributed by atoms with Crippen LogP contribution in [0, 0.1) is 0 Å². The van der Waals surface area contributed by atoms with Crippen molar-refractivity contribution in [2.24, 2.45) is 0 Å². The standard InChI is InChI=1S/C20H19BrN2O2/c1-24-19-7-3-6-18(13-19)23-10-11-25-20(23)15-8-9-22(14-15)17-5-2-4-16(21)12-17/h2-9,12-14,20H,10-11H2,1H3/t20-/m0/s1. The molecule has 0 aliphatic carbocycles. The second-order valence-corrected chi connectivity index (χ2v) is 6.87. The minimum absolute atomic E-state index is 0.0829. The predicted molar refractivity (Wildman–Crippen MR) is 103 cm³/mol. The molecule has 0 saturated carbocycles. The van der Waals surface area contributed by atoms with E-state index in [-0.39, 0.29) is 6.23 Å². The number of hydrogen-bond donors (Lipinski definition) is 0. The highest BCUT2D eigenvalue weighted by atomic mass is 79.9. The van der Waals surface area contributed by atoms with E-state index in [1.807, 2.05) is 30.3 Å². The van der Waals surface area contributed by atoms with Gasteiger partial charge in [0.25, 0.3) is 0 Å². The van der Waals surface area contributed by atoms with Crippen molar-refractivity contribution in [1.82, 2.24) is 4.57 Å². The van der Waals surface area contributed by atoms with Crippen LogP contribution < -0.4 is 9.64 Å². The summed E-state index contributed by atoms with van der Waals surface area (Å²) in [4.78, 5) is 2.27. The first kappa shape index (κ1) is 16.2. The summed E-state index contributed by atoms with van der Waals surface area (Å²) >= 11 is 3.53. The number of ether oxygens (including phenoxy) is 2. The van der Waals surface area contributed by atoms with E-state index in [1.54, 1.807) is 7.11 Å². The molecule has 4 nitrogen and oxygen atoms in total. The smallest absolute Gasteiger partial charge is 0.158 e. The van der Waals surface area contributed by atoms with Crippen molar-refractivity contribution in [3.63, 3.8) is 0 Å². The molecule has 2 aromatic carbocycles. The van der Waals surface area contributed by atoms with Crippen LogP contribution in [-0.2, 0) is 4.74 Å². The Hall–Kier alpha value is -2.24. The van der Waals surface area contributed by atoms with E-state index in [1.165, 1.54) is 0 Å². The van der Waals surface area contributed by atoms with Crippen LogP contribution in [0.1, 0.15) is 11.8 Å². The van der Waals surface area contributed by atoms with Gasteiger partial charge in [0.15, 0.2) is 6.23 Å². The molecule has 0 radical (unpaired) electrons. The van der Waals surface area contributed by atoms with Crippen LogP contribution in [0.15, 0.2) is 71.5 Å². The van der Waals surface area contributed by atoms with Crippen LogP contribution in [0.4, 0.5) is 5.69 Å². The minimum Gasteiger partial charge on any atom is -0.497 e. The average Bonchev–Trinajstić information content (AvgIpc) is 3.31. The van der Waals surface area contributed by atoms with Gasteiger partial charge in [0.05, 0.1) is 13.7 Å². The second kappa shape index (κ2) is 6.94. The van der Waals surface area contributed by atoms with Gasteiger partial charge in [-0.25, -0.2) is 0 Å². The average molecular weight is 399 g/mol. The van der Waals surface area contributed by atoms with E-state index >= 15 is 0 Å². The summed E-state index contributed by atoms with van der Waals surface area (Å²) in [5, 5.41) is 0. The Morgan fingerprint density at radius 1 is 1.08 bits per heavy atom. The highest BCUT2D eigenvalue weighted by Crippen LogP contribution is 2.34. The first-order valence-electron chi connectivity index (χ1n) is 8.21. The molecule has 1 saturated heterocycles. The summed E-state index contributed by atoms with van der Waals surface area (Å²) in [6.07, 6.45) is 4.12. The monoisotopic (exact) mass is 398 g/mol. The Balaban J connectivity index is 1.62. The van der Waals surface area contributed by atoms with Gasteiger partial charge in [-0.1, -0.05) is 28.1 Å². The van der Waals surface area contributed by atoms with Gasteiger partial charge in [0, 0.05) is 46.4 Å². The molecule has 2 heterocycles. The third-order valence-corrected chi connectivity index (χ3v) is 4.88. The lowest BCUT2D eigenvalue weighted by atomic mass is 10.2. The normalized spacial score (nSPS) is 17.0. The Morgan fingerprint density at radius 3 is 2.76 bits per heavy atom. The number of benzene rings is 2. The fraction of sp³-hybridized carbons (Fsp3) is 0.200. The molecular formula is C20H19BrN2O2. The number of halogens is 1. The zero-order chi connectivity index (χ0) is 17.2. The largest absolute Gasteiger partial charge is 0.497 e. The summed E-state index contributed by atoms with van der Waals surface area (Å²) in [7, 11) is 1.69. The van der Waals surface area contributed by atoms with Crippen molar-refractivity contribution in [3.05, 3.63) is 77.0 Å². The Labute approximate surface area is 155 Å². The maximum absolute atomic E-state index is 6.01. The number of aromatic nitrogens is 1. The number of methoxy groups -OCH3 is 1. The predicted octanol–water partition coefficient (Wildman–Crippen LogP) is 4.78. The molecule has 0 bridgehead atoms. The number of rotatable bonds is 4. The third kappa shape index (κ3) is 3.30. The molecule has 0 amide bonds. The zero-order valence-electron chi connectivity index (χ0n) is 13.9. The number of hydrogen-bond acceptors (Lipinski definition) is 3. The van der Waals surface area contributed by atoms with E-state index in [2.05, 4.69) is 62.1 Å². The van der Waals surface area contributed by atoms with Crippen molar-refractivity contribution in [3.8, 4) is 11.4 Å². The van der Waals surface area contributed by atoms with Gasteiger partial charge in [-0.3, -0.25) is 0 Å². The Bertz CT molecular complexity index is 877. The van der Waals surface area contributed by atoms with Crippen LogP contribution in [-0.4, -0.2) is 24.8 Å². The highest BCUT2D eigenvalue weighted by Gasteiger charge is 2.28. The zero-order valence-corrected chi connectivity index (χ0v) is 15.5. The molecule has 1 aromatic heterocycles. The molecule has 0 spiro atoms. The fourth-order valence-electron chi connectivity index (χ4n) is 3.16. The van der Waals surface area contributed by atoms with E-state index in [9.17, 15) is 0 Å². The van der Waals surface area contributed by atoms with Gasteiger partial charge >= 0.3 is 0 Å². The molecule has 4 rings (SSSR count). The molecule has 3 aromatic rings. The number of nitrogens with zero attached hydrogens (tertiary/aromatic N) is 2. The van der Waals surface area contributed by atoms with Crippen LogP contribution in [0.3, 0.4) is 0 Å². The summed E-state index contributed by atoms with van der Waals surface area (Å²) in [5.41, 5.74) is 3.36. The number of anilines is 1. The van der Waals surface area contributed by atoms with Crippen LogP contribution in [0.25, 0.3) is 5.69 Å². The van der Waals surface area contributed by atoms with Gasteiger partial charge in [0.1, 0.15) is 5.75 Å². The SMILES string of the molecule is COc1cccc(N2CCO[C@H]2c2ccn(-c3cccc(Br)c3)c2)c1. The van der Waals surface area contributed by atoms with E-state index < -0.39 is 0 Å². The van der Waals surface area contributed by atoms with Gasteiger partial charge in [0.2, 0.25) is 0 Å². The van der Waals surface area contributed by atoms with Crippen molar-refractivity contribution in [2.75, 3.05) is 25.2 Å². The van der Waals surface area contributed by atoms with Crippen molar-refractivity contribution < 1.29 is 9.47 Å². The first-order valence-corrected chi connectivity index (χ1v) is 9.00. The Kier molecular flexibility index (Phi) is 4.51. The molecule has 1 aliphatic heterocycles. The van der Waals surface area contributed by atoms with E-state index in [4.69, 9.17) is 9.47 Å². The molecule has 0 unspecified atom stereocenters. The van der Waals surface area contributed by atoms with Crippen LogP contribution in [0.5, 0.6) is 5.75 Å². The van der Waals surface area contributed by atoms with Gasteiger partial charge in [-0.05, 0) is 36.4 Å². The van der Waals surface area contributed by atoms with Gasteiger partial charge < -0.3 is 18.9 Å². The second-order valence-electron chi connectivity index (χ2n) is 5.95. The molecule has 128 valence electrons. The van der Waals surface area contributed by atoms with Crippen molar-refractivity contribution in [1.29, 1.82) is 0 Å². The molecule has 25 heavy (non-hydrogen) atoms. The molecule has 1 fully saturated rings. The maximum Gasteiger partial charge on any atom is 0.158 e. The van der Waals surface area contributed by atoms with Crippen molar-refractivity contribution in [2.45, 2.75) is 6.23 Å². The molecule has 0 N–H and O–H groups in total. The van der Waals surface area contributed by atoms with Crippen molar-refractivity contribution >= 4 is 21.6 Å². The maximum atomic E-state index is 6.01. The summed E-state index contributed by atoms with van der Waals surface area (Å²) in [6.45, 7) is 1.57. The van der Waals surface area contributed by atoms with Gasteiger partial charge in [-0.2, -0.15) is 0 Å². The lowest BCUT2D eigenvalue weighted by molar-refractivity contribution is 0.114. The minimum atomic E-state index is -0.0829. The molecule has 5 heteroatoms. The van der Waals surface area contributed by atoms with E-state index in [0.717, 1.165) is 33.7 Å². The van der Waals surface area contributed by atoms with Gasteiger partial charge in [-0.15, -0.1) is 0 Å². The highest BCUT2D eigenvalue weighted by molar-refractivity contribution is 9.10. The Morgan fingerprint density at radius 2 is 1.92 bits per heavy atom. The first-order chi connectivity index (χ1) is 12.2.